The second-order valence-corrected chi connectivity index (χ2v) is 6.95. The number of rotatable bonds is 7. The van der Waals surface area contributed by atoms with Crippen LogP contribution in [0.4, 0.5) is 4.39 Å². The predicted octanol–water partition coefficient (Wildman–Crippen LogP) is 5.88. The zero-order valence-corrected chi connectivity index (χ0v) is 16.2. The summed E-state index contributed by atoms with van der Waals surface area (Å²) in [6.45, 7) is 8.85. The van der Waals surface area contributed by atoms with E-state index < -0.39 is 0 Å². The second-order valence-electron chi connectivity index (χ2n) is 6.95. The Bertz CT molecular complexity index is 710. The highest BCUT2D eigenvalue weighted by Crippen LogP contribution is 2.49. The van der Waals surface area contributed by atoms with E-state index >= 15 is 0 Å². The average molecular weight is 344 g/mol. The third-order valence-electron chi connectivity index (χ3n) is 6.15. The van der Waals surface area contributed by atoms with Crippen LogP contribution in [0.1, 0.15) is 51.7 Å². The maximum Gasteiger partial charge on any atom is 0.165 e. The van der Waals surface area contributed by atoms with Gasteiger partial charge in [-0.15, -0.1) is 0 Å². The first-order chi connectivity index (χ1) is 11.9. The number of benzene rings is 2. The fourth-order valence-corrected chi connectivity index (χ4v) is 3.79. The van der Waals surface area contributed by atoms with E-state index in [2.05, 4.69) is 39.8 Å². The molecule has 0 radical (unpaired) electrons. The van der Waals surface area contributed by atoms with Crippen LogP contribution < -0.4 is 9.47 Å². The molecule has 136 valence electrons. The minimum atomic E-state index is -0.312. The molecule has 0 fully saturated rings. The van der Waals surface area contributed by atoms with Crippen LogP contribution in [-0.4, -0.2) is 14.2 Å². The quantitative estimate of drug-likeness (QED) is 0.624. The topological polar surface area (TPSA) is 18.5 Å². The largest absolute Gasteiger partial charge is 0.497 e. The van der Waals surface area contributed by atoms with Crippen LogP contribution in [0, 0.1) is 5.82 Å². The summed E-state index contributed by atoms with van der Waals surface area (Å²) in [7, 11) is 3.16. The van der Waals surface area contributed by atoms with Crippen LogP contribution in [0.2, 0.25) is 0 Å². The normalized spacial score (nSPS) is 16.0. The van der Waals surface area contributed by atoms with Gasteiger partial charge in [-0.2, -0.15) is 0 Å². The van der Waals surface area contributed by atoms with Gasteiger partial charge in [-0.05, 0) is 48.2 Å². The first kappa shape index (κ1) is 19.3. The summed E-state index contributed by atoms with van der Waals surface area (Å²) in [6, 6.07) is 13.6. The number of ether oxygens (including phenoxy) is 2. The lowest BCUT2D eigenvalue weighted by Gasteiger charge is -2.47. The molecule has 2 aromatic carbocycles. The van der Waals surface area contributed by atoms with Crippen molar-refractivity contribution in [2.75, 3.05) is 14.2 Å². The summed E-state index contributed by atoms with van der Waals surface area (Å²) < 4.78 is 24.7. The van der Waals surface area contributed by atoms with Crippen molar-refractivity contribution in [1.82, 2.24) is 0 Å². The summed E-state index contributed by atoms with van der Waals surface area (Å²) in [4.78, 5) is 0. The van der Waals surface area contributed by atoms with E-state index in [-0.39, 0.29) is 22.4 Å². The maximum absolute atomic E-state index is 14.4. The van der Waals surface area contributed by atoms with Gasteiger partial charge >= 0.3 is 0 Å². The zero-order chi connectivity index (χ0) is 18.7. The molecule has 2 rings (SSSR count). The fourth-order valence-electron chi connectivity index (χ4n) is 3.79. The smallest absolute Gasteiger partial charge is 0.165 e. The van der Waals surface area contributed by atoms with Crippen molar-refractivity contribution in [3.63, 3.8) is 0 Å². The van der Waals surface area contributed by atoms with Crippen LogP contribution in [0.15, 0.2) is 42.5 Å². The van der Waals surface area contributed by atoms with Crippen molar-refractivity contribution in [2.45, 2.75) is 51.4 Å². The van der Waals surface area contributed by atoms with E-state index in [9.17, 15) is 4.39 Å². The highest BCUT2D eigenvalue weighted by Gasteiger charge is 2.44. The molecule has 0 saturated heterocycles. The van der Waals surface area contributed by atoms with Gasteiger partial charge in [0.25, 0.3) is 0 Å². The predicted molar refractivity (Wildman–Crippen MR) is 101 cm³/mol. The van der Waals surface area contributed by atoms with Gasteiger partial charge < -0.3 is 9.47 Å². The van der Waals surface area contributed by atoms with Crippen molar-refractivity contribution >= 4 is 0 Å². The lowest BCUT2D eigenvalue weighted by molar-refractivity contribution is 0.233. The Hall–Kier alpha value is -2.03. The third-order valence-corrected chi connectivity index (χ3v) is 6.15. The first-order valence-electron chi connectivity index (χ1n) is 8.84. The zero-order valence-electron chi connectivity index (χ0n) is 16.2. The minimum absolute atomic E-state index is 0.144. The molecule has 0 aliphatic rings. The number of methoxy groups -OCH3 is 2. The van der Waals surface area contributed by atoms with Gasteiger partial charge in [0.1, 0.15) is 5.75 Å². The lowest BCUT2D eigenvalue weighted by atomic mass is 9.56. The Labute approximate surface area is 151 Å². The molecule has 2 nitrogen and oxygen atoms in total. The molecule has 3 heteroatoms. The monoisotopic (exact) mass is 344 g/mol. The highest BCUT2D eigenvalue weighted by atomic mass is 19.1. The van der Waals surface area contributed by atoms with E-state index in [0.29, 0.717) is 0 Å². The number of hydrogen-bond donors (Lipinski definition) is 0. The molecule has 0 saturated carbocycles. The molecule has 0 amide bonds. The van der Waals surface area contributed by atoms with Gasteiger partial charge in [-0.3, -0.25) is 0 Å². The molecule has 0 aromatic heterocycles. The molecular formula is C22H29FO2. The third kappa shape index (κ3) is 3.24. The highest BCUT2D eigenvalue weighted by molar-refractivity contribution is 5.42. The Morgan fingerprint density at radius 3 is 1.76 bits per heavy atom. The van der Waals surface area contributed by atoms with Crippen LogP contribution in [0.3, 0.4) is 0 Å². The van der Waals surface area contributed by atoms with Gasteiger partial charge in [0.15, 0.2) is 11.6 Å². The van der Waals surface area contributed by atoms with Gasteiger partial charge in [0, 0.05) is 10.8 Å². The summed E-state index contributed by atoms with van der Waals surface area (Å²) in [5.74, 6) is 0.814. The Balaban J connectivity index is 2.57. The average Bonchev–Trinajstić information content (AvgIpc) is 2.66. The minimum Gasteiger partial charge on any atom is -0.497 e. The molecule has 0 unspecified atom stereocenters. The van der Waals surface area contributed by atoms with Crippen LogP contribution in [0.5, 0.6) is 11.5 Å². The van der Waals surface area contributed by atoms with Gasteiger partial charge in [0.05, 0.1) is 14.2 Å². The Kier molecular flexibility index (Phi) is 5.76. The molecule has 2 atom stereocenters. The van der Waals surface area contributed by atoms with Crippen LogP contribution >= 0.6 is 0 Å². The van der Waals surface area contributed by atoms with Crippen molar-refractivity contribution < 1.29 is 13.9 Å². The van der Waals surface area contributed by atoms with E-state index in [0.717, 1.165) is 24.2 Å². The molecular weight excluding hydrogens is 315 g/mol. The van der Waals surface area contributed by atoms with Crippen LogP contribution in [-0.2, 0) is 10.8 Å². The first-order valence-corrected chi connectivity index (χ1v) is 8.84. The summed E-state index contributed by atoms with van der Waals surface area (Å²) in [5.41, 5.74) is 1.86. The molecule has 0 N–H and O–H groups in total. The standard InChI is InChI=1S/C22H29FO2/c1-7-21(3,16-9-12-18(24-5)13-10-16)22(4,8-2)17-11-14-20(25-6)19(23)15-17/h9-15H,7-8H2,1-6H3/t21-,22+/m1/s1. The lowest BCUT2D eigenvalue weighted by Crippen LogP contribution is -2.44. The van der Waals surface area contributed by atoms with Crippen LogP contribution in [0.25, 0.3) is 0 Å². The Morgan fingerprint density at radius 1 is 0.800 bits per heavy atom. The van der Waals surface area contributed by atoms with E-state index in [1.54, 1.807) is 19.2 Å². The van der Waals surface area contributed by atoms with Crippen molar-refractivity contribution in [2.24, 2.45) is 0 Å². The molecule has 0 aliphatic heterocycles. The van der Waals surface area contributed by atoms with Crippen molar-refractivity contribution in [1.29, 1.82) is 0 Å². The maximum atomic E-state index is 14.4. The van der Waals surface area contributed by atoms with Crippen molar-refractivity contribution in [3.05, 3.63) is 59.4 Å². The Morgan fingerprint density at radius 2 is 1.32 bits per heavy atom. The van der Waals surface area contributed by atoms with Crippen molar-refractivity contribution in [3.8, 4) is 11.5 Å². The summed E-state index contributed by atoms with van der Waals surface area (Å²) in [5, 5.41) is 0. The van der Waals surface area contributed by atoms with E-state index in [1.165, 1.54) is 12.7 Å². The van der Waals surface area contributed by atoms with Gasteiger partial charge in [-0.1, -0.05) is 45.9 Å². The number of halogens is 1. The second kappa shape index (κ2) is 7.47. The van der Waals surface area contributed by atoms with E-state index in [1.807, 2.05) is 18.2 Å². The molecule has 0 aliphatic carbocycles. The fraction of sp³-hybridized carbons (Fsp3) is 0.455. The summed E-state index contributed by atoms with van der Waals surface area (Å²) in [6.07, 6.45) is 1.84. The summed E-state index contributed by atoms with van der Waals surface area (Å²) >= 11 is 0. The number of hydrogen-bond acceptors (Lipinski definition) is 2. The molecule has 2 aromatic rings. The molecule has 0 heterocycles. The van der Waals surface area contributed by atoms with E-state index in [4.69, 9.17) is 9.47 Å². The van der Waals surface area contributed by atoms with Gasteiger partial charge in [-0.25, -0.2) is 4.39 Å². The van der Waals surface area contributed by atoms with Gasteiger partial charge in [0.2, 0.25) is 0 Å². The molecule has 0 spiro atoms. The molecule has 25 heavy (non-hydrogen) atoms. The molecule has 0 bridgehead atoms. The SMILES string of the molecule is CC[C@@](C)(c1ccc(OC)c(F)c1)[C@](C)(CC)c1ccc(OC)cc1.